The molecule has 0 aliphatic heterocycles. The number of aromatic nitrogens is 3. The van der Waals surface area contributed by atoms with Gasteiger partial charge in [-0.2, -0.15) is 31.4 Å². The smallest absolute Gasteiger partial charge is 0.433 e. The van der Waals surface area contributed by atoms with E-state index in [2.05, 4.69) is 10.1 Å². The lowest BCUT2D eigenvalue weighted by molar-refractivity contribution is -0.148. The lowest BCUT2D eigenvalue weighted by Crippen LogP contribution is -2.42. The van der Waals surface area contributed by atoms with E-state index >= 15 is 0 Å². The van der Waals surface area contributed by atoms with Gasteiger partial charge in [0.25, 0.3) is 5.91 Å². The van der Waals surface area contributed by atoms with Crippen LogP contribution in [0.3, 0.4) is 0 Å². The van der Waals surface area contributed by atoms with E-state index in [4.69, 9.17) is 28.3 Å². The first kappa shape index (κ1) is 28.7. The van der Waals surface area contributed by atoms with Crippen LogP contribution >= 0.6 is 23.2 Å². The molecule has 0 radical (unpaired) electrons. The highest BCUT2D eigenvalue weighted by atomic mass is 35.5. The highest BCUT2D eigenvalue weighted by Gasteiger charge is 2.44. The molecule has 0 unspecified atom stereocenters. The molecule has 1 aliphatic carbocycles. The monoisotopic (exact) mass is 574 g/mol. The Morgan fingerprint density at radius 1 is 1.00 bits per heavy atom. The van der Waals surface area contributed by atoms with E-state index in [-0.39, 0.29) is 40.6 Å². The molecule has 2 aromatic rings. The van der Waals surface area contributed by atoms with Crippen molar-refractivity contribution in [3.63, 3.8) is 0 Å². The summed E-state index contributed by atoms with van der Waals surface area (Å²) in [4.78, 5) is 40.4. The van der Waals surface area contributed by atoms with Gasteiger partial charge < -0.3 is 10.0 Å². The second kappa shape index (κ2) is 10.9. The molecule has 37 heavy (non-hydrogen) atoms. The first-order valence-electron chi connectivity index (χ1n) is 10.7. The number of hydrogen-bond donors (Lipinski definition) is 1. The normalized spacial score (nSPS) is 18.5. The van der Waals surface area contributed by atoms with Crippen molar-refractivity contribution in [2.75, 3.05) is 13.1 Å². The van der Waals surface area contributed by atoms with E-state index in [1.54, 1.807) is 0 Å². The lowest BCUT2D eigenvalue weighted by Gasteiger charge is -2.28. The van der Waals surface area contributed by atoms with Crippen molar-refractivity contribution in [2.45, 2.75) is 44.1 Å². The maximum atomic E-state index is 14.0. The number of Topliss-reactive ketones (excluding diaryl/α,β-unsaturated/α-hetero) is 1. The number of carboxylic acids is 1. The highest BCUT2D eigenvalue weighted by molar-refractivity contribution is 6.39. The number of amides is 1. The minimum Gasteiger partial charge on any atom is -0.481 e. The van der Waals surface area contributed by atoms with Gasteiger partial charge in [-0.3, -0.25) is 24.0 Å². The van der Waals surface area contributed by atoms with Crippen molar-refractivity contribution in [2.24, 2.45) is 5.92 Å². The quantitative estimate of drug-likeness (QED) is 0.355. The standard InChI is InChI=1S/C21H18Cl2F6N4O4/c22-13-6-30-7-14(23)16(13)15(34)8-32(9-20(24,25)26)18(35)12-5-31-33(17(12)21(27,28)29)11-3-1-10(2-4-11)19(36)37/h5-7,10-11H,1-4,8-9H2,(H,36,37)/t10-,11-. The van der Waals surface area contributed by atoms with Gasteiger partial charge in [0.2, 0.25) is 0 Å². The first-order chi connectivity index (χ1) is 17.1. The molecule has 16 heteroatoms. The van der Waals surface area contributed by atoms with Crippen molar-refractivity contribution < 1.29 is 45.8 Å². The lowest BCUT2D eigenvalue weighted by atomic mass is 9.86. The van der Waals surface area contributed by atoms with Crippen LogP contribution in [0.5, 0.6) is 0 Å². The van der Waals surface area contributed by atoms with E-state index in [9.17, 15) is 40.7 Å². The summed E-state index contributed by atoms with van der Waals surface area (Å²) in [6.45, 7) is -3.32. The van der Waals surface area contributed by atoms with Gasteiger partial charge in [-0.05, 0) is 25.7 Å². The molecule has 1 fully saturated rings. The summed E-state index contributed by atoms with van der Waals surface area (Å²) in [5.41, 5.74) is -3.21. The van der Waals surface area contributed by atoms with Crippen LogP contribution in [-0.4, -0.2) is 61.7 Å². The zero-order chi connectivity index (χ0) is 27.7. The topological polar surface area (TPSA) is 105 Å². The number of nitrogens with zero attached hydrogens (tertiary/aromatic N) is 4. The molecule has 1 amide bonds. The van der Waals surface area contributed by atoms with E-state index in [0.29, 0.717) is 10.9 Å². The van der Waals surface area contributed by atoms with Crippen LogP contribution in [-0.2, 0) is 11.0 Å². The van der Waals surface area contributed by atoms with Crippen LogP contribution in [0.25, 0.3) is 0 Å². The molecular weight excluding hydrogens is 557 g/mol. The molecule has 202 valence electrons. The molecule has 0 atom stereocenters. The average molecular weight is 575 g/mol. The second-order valence-electron chi connectivity index (χ2n) is 8.37. The summed E-state index contributed by atoms with van der Waals surface area (Å²) in [5.74, 6) is -4.72. The third kappa shape index (κ3) is 6.72. The third-order valence-electron chi connectivity index (χ3n) is 5.81. The van der Waals surface area contributed by atoms with Crippen LogP contribution in [0.4, 0.5) is 26.3 Å². The molecule has 1 aliphatic rings. The van der Waals surface area contributed by atoms with Gasteiger partial charge in [-0.25, -0.2) is 0 Å². The molecule has 2 heterocycles. The van der Waals surface area contributed by atoms with Crippen molar-refractivity contribution >= 4 is 40.9 Å². The van der Waals surface area contributed by atoms with Gasteiger partial charge in [0, 0.05) is 12.4 Å². The van der Waals surface area contributed by atoms with Crippen molar-refractivity contribution in [1.29, 1.82) is 0 Å². The number of ketones is 1. The van der Waals surface area contributed by atoms with Crippen LogP contribution in [0.1, 0.15) is 58.1 Å². The van der Waals surface area contributed by atoms with Crippen molar-refractivity contribution in [3.05, 3.63) is 45.5 Å². The zero-order valence-electron chi connectivity index (χ0n) is 18.6. The van der Waals surface area contributed by atoms with Gasteiger partial charge in [-0.1, -0.05) is 23.2 Å². The number of pyridine rings is 1. The Kier molecular flexibility index (Phi) is 8.42. The Hall–Kier alpha value is -2.87. The largest absolute Gasteiger partial charge is 0.481 e. The summed E-state index contributed by atoms with van der Waals surface area (Å²) in [6.07, 6.45) is -7.68. The second-order valence-corrected chi connectivity index (χ2v) is 9.18. The van der Waals surface area contributed by atoms with Gasteiger partial charge in [0.05, 0.1) is 45.9 Å². The average Bonchev–Trinajstić information content (AvgIpc) is 3.23. The molecule has 3 rings (SSSR count). The minimum atomic E-state index is -5.20. The summed E-state index contributed by atoms with van der Waals surface area (Å²) in [5, 5.41) is 12.1. The van der Waals surface area contributed by atoms with Gasteiger partial charge in [0.1, 0.15) is 6.54 Å². The Labute approximate surface area is 215 Å². The maximum absolute atomic E-state index is 14.0. The molecule has 0 saturated heterocycles. The molecule has 8 nitrogen and oxygen atoms in total. The molecular formula is C21H18Cl2F6N4O4. The number of rotatable bonds is 7. The molecule has 0 aromatic carbocycles. The van der Waals surface area contributed by atoms with Gasteiger partial charge in [0.15, 0.2) is 11.5 Å². The van der Waals surface area contributed by atoms with E-state index in [0.717, 1.165) is 12.4 Å². The number of halogens is 8. The summed E-state index contributed by atoms with van der Waals surface area (Å²) in [7, 11) is 0. The molecule has 1 N–H and O–H groups in total. The highest BCUT2D eigenvalue weighted by Crippen LogP contribution is 2.39. The van der Waals surface area contributed by atoms with Crippen LogP contribution in [0, 0.1) is 5.92 Å². The Balaban J connectivity index is 1.97. The summed E-state index contributed by atoms with van der Waals surface area (Å²) in [6, 6.07) is -0.930. The third-order valence-corrected chi connectivity index (χ3v) is 6.38. The van der Waals surface area contributed by atoms with E-state index in [1.165, 1.54) is 0 Å². The van der Waals surface area contributed by atoms with Crippen LogP contribution < -0.4 is 0 Å². The van der Waals surface area contributed by atoms with Crippen molar-refractivity contribution in [1.82, 2.24) is 19.7 Å². The van der Waals surface area contributed by atoms with Crippen LogP contribution in [0.15, 0.2) is 18.6 Å². The summed E-state index contributed by atoms with van der Waals surface area (Å²) >= 11 is 11.7. The SMILES string of the molecule is O=C(CN(CC(F)(F)F)C(=O)c1cnn([C@H]2CC[C@H](C(=O)O)CC2)c1C(F)(F)F)c1c(Cl)cncc1Cl. The molecule has 2 aromatic heterocycles. The predicted molar refractivity (Wildman–Crippen MR) is 116 cm³/mol. The maximum Gasteiger partial charge on any atom is 0.433 e. The fraction of sp³-hybridized carbons (Fsp3) is 0.476. The minimum absolute atomic E-state index is 0.000844. The molecule has 1 saturated carbocycles. The first-order valence-corrected chi connectivity index (χ1v) is 11.4. The number of alkyl halides is 6. The molecule has 0 spiro atoms. The zero-order valence-corrected chi connectivity index (χ0v) is 20.1. The molecule has 0 bridgehead atoms. The fourth-order valence-corrected chi connectivity index (χ4v) is 4.74. The predicted octanol–water partition coefficient (Wildman–Crippen LogP) is 5.31. The Bertz CT molecular complexity index is 1170. The Morgan fingerprint density at radius 3 is 2.05 bits per heavy atom. The van der Waals surface area contributed by atoms with E-state index < -0.39 is 71.9 Å². The van der Waals surface area contributed by atoms with Gasteiger partial charge >= 0.3 is 18.3 Å². The van der Waals surface area contributed by atoms with Crippen LogP contribution in [0.2, 0.25) is 10.0 Å². The van der Waals surface area contributed by atoms with E-state index in [1.807, 2.05) is 0 Å². The number of aliphatic carboxylic acids is 1. The number of carbonyl (C=O) groups is 3. The number of carbonyl (C=O) groups excluding carboxylic acids is 2. The number of hydrogen-bond acceptors (Lipinski definition) is 5. The summed E-state index contributed by atoms with van der Waals surface area (Å²) < 4.78 is 82.4. The number of carboxylic acid groups (broad SMARTS) is 1. The van der Waals surface area contributed by atoms with Crippen molar-refractivity contribution in [3.8, 4) is 0 Å². The fourth-order valence-electron chi connectivity index (χ4n) is 4.16. The van der Waals surface area contributed by atoms with Gasteiger partial charge in [-0.15, -0.1) is 0 Å². The Morgan fingerprint density at radius 2 is 1.57 bits per heavy atom.